The van der Waals surface area contributed by atoms with Crippen LogP contribution in [0.2, 0.25) is 0 Å². The molecule has 0 fully saturated rings. The van der Waals surface area contributed by atoms with Crippen molar-refractivity contribution in [2.75, 3.05) is 0 Å². The summed E-state index contributed by atoms with van der Waals surface area (Å²) in [5.41, 5.74) is -0.0274. The minimum Gasteiger partial charge on any atom is -0.476 e. The van der Waals surface area contributed by atoms with Gasteiger partial charge in [0.15, 0.2) is 5.69 Å². The van der Waals surface area contributed by atoms with Crippen molar-refractivity contribution in [3.05, 3.63) is 46.8 Å². The summed E-state index contributed by atoms with van der Waals surface area (Å²) in [6.07, 6.45) is 2.85. The number of aromatic nitrogens is 2. The van der Waals surface area contributed by atoms with Gasteiger partial charge in [0.1, 0.15) is 5.03 Å². The standard InChI is InChI=1S/C11H7BrN2O2S/c12-7-1-3-8(4-2-7)17-10-9(11(15)16)13-5-6-14-10/h1-6H,(H,15,16). The molecular formula is C11H7BrN2O2S. The zero-order chi connectivity index (χ0) is 12.3. The Bertz CT molecular complexity index is 545. The van der Waals surface area contributed by atoms with Crippen LogP contribution in [-0.2, 0) is 0 Å². The molecule has 0 saturated heterocycles. The van der Waals surface area contributed by atoms with Crippen LogP contribution in [0.25, 0.3) is 0 Å². The summed E-state index contributed by atoms with van der Waals surface area (Å²) in [4.78, 5) is 19.7. The zero-order valence-electron chi connectivity index (χ0n) is 8.50. The van der Waals surface area contributed by atoms with Gasteiger partial charge in [0, 0.05) is 21.8 Å². The highest BCUT2D eigenvalue weighted by Crippen LogP contribution is 2.28. The third-order valence-corrected chi connectivity index (χ3v) is 3.42. The first-order chi connectivity index (χ1) is 8.16. The van der Waals surface area contributed by atoms with Gasteiger partial charge in [-0.3, -0.25) is 0 Å². The molecule has 0 amide bonds. The van der Waals surface area contributed by atoms with E-state index >= 15 is 0 Å². The van der Waals surface area contributed by atoms with Gasteiger partial charge >= 0.3 is 5.97 Å². The van der Waals surface area contributed by atoms with Gasteiger partial charge in [-0.25, -0.2) is 14.8 Å². The fourth-order valence-electron chi connectivity index (χ4n) is 1.16. The van der Waals surface area contributed by atoms with Crippen molar-refractivity contribution >= 4 is 33.7 Å². The lowest BCUT2D eigenvalue weighted by Gasteiger charge is -2.03. The number of aromatic carboxylic acids is 1. The monoisotopic (exact) mass is 310 g/mol. The van der Waals surface area contributed by atoms with Crippen molar-refractivity contribution in [1.82, 2.24) is 9.97 Å². The third-order valence-electron chi connectivity index (χ3n) is 1.90. The van der Waals surface area contributed by atoms with Crippen LogP contribution in [0.5, 0.6) is 0 Å². The lowest BCUT2D eigenvalue weighted by molar-refractivity contribution is 0.0685. The second-order valence-corrected chi connectivity index (χ2v) is 5.05. The lowest BCUT2D eigenvalue weighted by Crippen LogP contribution is -2.03. The Labute approximate surface area is 110 Å². The number of benzene rings is 1. The van der Waals surface area contributed by atoms with E-state index in [0.717, 1.165) is 9.37 Å². The highest BCUT2D eigenvalue weighted by Gasteiger charge is 2.13. The molecule has 4 nitrogen and oxygen atoms in total. The van der Waals surface area contributed by atoms with Gasteiger partial charge in [-0.15, -0.1) is 0 Å². The molecule has 0 saturated carbocycles. The molecule has 6 heteroatoms. The highest BCUT2D eigenvalue weighted by atomic mass is 79.9. The fourth-order valence-corrected chi connectivity index (χ4v) is 2.27. The maximum Gasteiger partial charge on any atom is 0.357 e. The van der Waals surface area contributed by atoms with E-state index in [2.05, 4.69) is 25.9 Å². The molecule has 1 N–H and O–H groups in total. The molecule has 1 aromatic carbocycles. The van der Waals surface area contributed by atoms with Gasteiger partial charge in [0.25, 0.3) is 0 Å². The normalized spacial score (nSPS) is 10.2. The molecule has 0 spiro atoms. The lowest BCUT2D eigenvalue weighted by atomic mass is 10.4. The second-order valence-electron chi connectivity index (χ2n) is 3.07. The maximum absolute atomic E-state index is 10.9. The molecule has 1 heterocycles. The van der Waals surface area contributed by atoms with E-state index in [4.69, 9.17) is 5.11 Å². The number of carboxylic acid groups (broad SMARTS) is 1. The number of hydrogen-bond donors (Lipinski definition) is 1. The quantitative estimate of drug-likeness (QED) is 0.944. The summed E-state index contributed by atoms with van der Waals surface area (Å²) >= 11 is 4.61. The van der Waals surface area contributed by atoms with Gasteiger partial charge < -0.3 is 5.11 Å². The summed E-state index contributed by atoms with van der Waals surface area (Å²) in [5.74, 6) is -1.07. The zero-order valence-corrected chi connectivity index (χ0v) is 10.9. The van der Waals surface area contributed by atoms with E-state index < -0.39 is 5.97 Å². The summed E-state index contributed by atoms with van der Waals surface area (Å²) in [5, 5.41) is 9.36. The molecule has 86 valence electrons. The first-order valence-corrected chi connectivity index (χ1v) is 6.25. The molecule has 0 aliphatic heterocycles. The molecule has 17 heavy (non-hydrogen) atoms. The number of rotatable bonds is 3. The van der Waals surface area contributed by atoms with Crippen molar-refractivity contribution in [1.29, 1.82) is 0 Å². The highest BCUT2D eigenvalue weighted by molar-refractivity contribution is 9.10. The van der Waals surface area contributed by atoms with Gasteiger partial charge in [-0.2, -0.15) is 0 Å². The van der Waals surface area contributed by atoms with E-state index in [-0.39, 0.29) is 5.69 Å². The Morgan fingerprint density at radius 2 is 1.82 bits per heavy atom. The van der Waals surface area contributed by atoms with Gasteiger partial charge in [-0.1, -0.05) is 27.7 Å². The first kappa shape index (κ1) is 12.1. The van der Waals surface area contributed by atoms with Crippen molar-refractivity contribution in [2.24, 2.45) is 0 Å². The van der Waals surface area contributed by atoms with Gasteiger partial charge in [-0.05, 0) is 24.3 Å². The first-order valence-electron chi connectivity index (χ1n) is 4.64. The van der Waals surface area contributed by atoms with Crippen LogP contribution in [-0.4, -0.2) is 21.0 Å². The van der Waals surface area contributed by atoms with Crippen LogP contribution in [0.3, 0.4) is 0 Å². The van der Waals surface area contributed by atoms with Crippen molar-refractivity contribution in [2.45, 2.75) is 9.92 Å². The second kappa shape index (κ2) is 5.29. The molecule has 2 rings (SSSR count). The number of carboxylic acids is 1. The van der Waals surface area contributed by atoms with E-state index in [1.54, 1.807) is 0 Å². The number of nitrogens with zero attached hydrogens (tertiary/aromatic N) is 2. The van der Waals surface area contributed by atoms with E-state index in [1.807, 2.05) is 24.3 Å². The van der Waals surface area contributed by atoms with Gasteiger partial charge in [0.05, 0.1) is 0 Å². The smallest absolute Gasteiger partial charge is 0.357 e. The van der Waals surface area contributed by atoms with Gasteiger partial charge in [0.2, 0.25) is 0 Å². The molecular weight excluding hydrogens is 304 g/mol. The molecule has 0 radical (unpaired) electrons. The van der Waals surface area contributed by atoms with E-state index in [0.29, 0.717) is 5.03 Å². The van der Waals surface area contributed by atoms with Crippen LogP contribution in [0.1, 0.15) is 10.5 Å². The van der Waals surface area contributed by atoms with E-state index in [1.165, 1.54) is 24.2 Å². The largest absolute Gasteiger partial charge is 0.476 e. The molecule has 0 unspecified atom stereocenters. The topological polar surface area (TPSA) is 63.1 Å². The van der Waals surface area contributed by atoms with Crippen LogP contribution in [0.15, 0.2) is 51.1 Å². The molecule has 2 aromatic rings. The summed E-state index contributed by atoms with van der Waals surface area (Å²) in [6, 6.07) is 7.54. The summed E-state index contributed by atoms with van der Waals surface area (Å²) in [6.45, 7) is 0. The SMILES string of the molecule is O=C(O)c1nccnc1Sc1ccc(Br)cc1. The summed E-state index contributed by atoms with van der Waals surface area (Å²) in [7, 11) is 0. The Hall–Kier alpha value is -1.40. The molecule has 1 aromatic heterocycles. The van der Waals surface area contributed by atoms with Crippen LogP contribution < -0.4 is 0 Å². The molecule has 0 aliphatic carbocycles. The maximum atomic E-state index is 10.9. The van der Waals surface area contributed by atoms with E-state index in [9.17, 15) is 4.79 Å². The predicted molar refractivity (Wildman–Crippen MR) is 67.3 cm³/mol. The average molecular weight is 311 g/mol. The van der Waals surface area contributed by atoms with Crippen molar-refractivity contribution in [3.8, 4) is 0 Å². The molecule has 0 bridgehead atoms. The Kier molecular flexibility index (Phi) is 3.75. The number of carbonyl (C=O) groups is 1. The molecule has 0 aliphatic rings. The molecule has 0 atom stereocenters. The van der Waals surface area contributed by atoms with Crippen molar-refractivity contribution < 1.29 is 9.90 Å². The van der Waals surface area contributed by atoms with Crippen LogP contribution in [0, 0.1) is 0 Å². The Morgan fingerprint density at radius 1 is 1.18 bits per heavy atom. The van der Waals surface area contributed by atoms with Crippen LogP contribution in [0.4, 0.5) is 0 Å². The van der Waals surface area contributed by atoms with Crippen molar-refractivity contribution in [3.63, 3.8) is 0 Å². The number of hydrogen-bond acceptors (Lipinski definition) is 4. The third kappa shape index (κ3) is 3.04. The summed E-state index contributed by atoms with van der Waals surface area (Å²) < 4.78 is 0.972. The average Bonchev–Trinajstić information content (AvgIpc) is 2.32. The predicted octanol–water partition coefficient (Wildman–Crippen LogP) is 3.09. The minimum atomic E-state index is -1.07. The Balaban J connectivity index is 2.30. The number of halogens is 1. The minimum absolute atomic E-state index is 0.0274. The van der Waals surface area contributed by atoms with Crippen LogP contribution >= 0.6 is 27.7 Å². The Morgan fingerprint density at radius 3 is 2.47 bits per heavy atom. The fraction of sp³-hybridized carbons (Fsp3) is 0.